The van der Waals surface area contributed by atoms with Gasteiger partial charge in [-0.1, -0.05) is 39.5 Å². The number of rotatable bonds is 15. The lowest BCUT2D eigenvalue weighted by Crippen LogP contribution is -2.54. The van der Waals surface area contributed by atoms with Gasteiger partial charge in [0.05, 0.1) is 32.2 Å². The molecule has 0 bridgehead atoms. The molecular weight excluding hydrogens is 621 g/mol. The van der Waals surface area contributed by atoms with E-state index in [1.54, 1.807) is 38.6 Å². The first-order valence-electron chi connectivity index (χ1n) is 17.1. The molecule has 2 aliphatic rings. The van der Waals surface area contributed by atoms with E-state index in [0.717, 1.165) is 51.4 Å². The summed E-state index contributed by atoms with van der Waals surface area (Å²) in [6.07, 6.45) is 10.8. The molecule has 4 rings (SSSR count). The molecule has 47 heavy (non-hydrogen) atoms. The van der Waals surface area contributed by atoms with E-state index >= 15 is 0 Å². The highest BCUT2D eigenvalue weighted by atomic mass is 31.2. The van der Waals surface area contributed by atoms with E-state index in [9.17, 15) is 14.2 Å². The van der Waals surface area contributed by atoms with Crippen LogP contribution in [-0.4, -0.2) is 68.2 Å². The SMILES string of the molecule is C[C@H](Cn1cnc2c(N)ncnc21)OCP(=O)(NC(C)(C)C(=O)OC[C@H]1CC[C@H](C)CC1)NC(C)(C)C(=O)OC[C@H]1CC[C@H](C)CC1. The Hall–Kier alpha value is -2.60. The molecule has 0 spiro atoms. The number of nitrogens with one attached hydrogen (secondary N) is 2. The molecule has 0 radical (unpaired) electrons. The highest BCUT2D eigenvalue weighted by Crippen LogP contribution is 2.42. The number of anilines is 1. The summed E-state index contributed by atoms with van der Waals surface area (Å²) in [6, 6.07) is 0. The Kier molecular flexibility index (Phi) is 12.5. The van der Waals surface area contributed by atoms with Crippen molar-refractivity contribution in [3.63, 3.8) is 0 Å². The zero-order valence-electron chi connectivity index (χ0n) is 29.3. The zero-order valence-corrected chi connectivity index (χ0v) is 30.2. The van der Waals surface area contributed by atoms with Gasteiger partial charge in [-0.3, -0.25) is 14.2 Å². The Bertz CT molecular complexity index is 1340. The molecule has 1 atom stereocenters. The average molecular weight is 678 g/mol. The lowest BCUT2D eigenvalue weighted by Gasteiger charge is -2.36. The Morgan fingerprint density at radius 2 is 1.38 bits per heavy atom. The number of carbonyl (C=O) groups is 2. The predicted molar refractivity (Wildman–Crippen MR) is 181 cm³/mol. The van der Waals surface area contributed by atoms with Gasteiger partial charge in [0.2, 0.25) is 7.44 Å². The first-order valence-corrected chi connectivity index (χ1v) is 19.0. The van der Waals surface area contributed by atoms with Crippen molar-refractivity contribution in [3.8, 4) is 0 Å². The van der Waals surface area contributed by atoms with Crippen molar-refractivity contribution < 1.29 is 28.4 Å². The predicted octanol–water partition coefficient (Wildman–Crippen LogP) is 5.44. The number of nitrogens with two attached hydrogens (primary N) is 1. The minimum atomic E-state index is -3.79. The molecule has 0 unspecified atom stereocenters. The number of carbonyl (C=O) groups excluding carboxylic acids is 2. The molecule has 13 nitrogen and oxygen atoms in total. The number of fused-ring (bicyclic) bond motifs is 1. The molecule has 0 aromatic carbocycles. The number of esters is 2. The van der Waals surface area contributed by atoms with Crippen LogP contribution in [0.2, 0.25) is 0 Å². The van der Waals surface area contributed by atoms with Crippen LogP contribution in [0.4, 0.5) is 5.82 Å². The van der Waals surface area contributed by atoms with Crippen LogP contribution in [0.3, 0.4) is 0 Å². The molecule has 0 amide bonds. The molecular formula is C33H56N7O6P. The fraction of sp³-hybridized carbons (Fsp3) is 0.788. The molecule has 0 aliphatic heterocycles. The Morgan fingerprint density at radius 3 is 1.87 bits per heavy atom. The number of nitrogen functional groups attached to an aromatic ring is 1. The average Bonchev–Trinajstić information content (AvgIpc) is 3.42. The van der Waals surface area contributed by atoms with Gasteiger partial charge in [-0.2, -0.15) is 0 Å². The van der Waals surface area contributed by atoms with Gasteiger partial charge in [0.25, 0.3) is 0 Å². The maximum absolute atomic E-state index is 14.7. The van der Waals surface area contributed by atoms with E-state index in [4.69, 9.17) is 19.9 Å². The van der Waals surface area contributed by atoms with Crippen molar-refractivity contribution in [2.24, 2.45) is 23.7 Å². The first kappa shape index (κ1) is 37.2. The van der Waals surface area contributed by atoms with E-state index < -0.39 is 36.6 Å². The van der Waals surface area contributed by atoms with Crippen molar-refractivity contribution in [1.82, 2.24) is 29.7 Å². The normalized spacial score (nSPS) is 23.4. The van der Waals surface area contributed by atoms with Crippen LogP contribution in [-0.2, 0) is 34.9 Å². The standard InChI is InChI=1S/C33H56N7O6P/c1-22-8-12-25(13-9-22)17-44-30(41)32(4,5)38-47(43,39-33(6,7)31(42)45-18-26-14-10-23(2)11-15-26)21-46-24(3)16-40-20-37-27-28(34)35-19-36-29(27)40/h19-20,22-26H,8-18,21H2,1-7H3,(H2,34,35,36)(H2,38,39,43)/t22-,23-,24-,25-,26-/m1/s1. The Morgan fingerprint density at radius 1 is 0.894 bits per heavy atom. The summed E-state index contributed by atoms with van der Waals surface area (Å²) in [5.41, 5.74) is 4.29. The maximum atomic E-state index is 14.7. The molecule has 14 heteroatoms. The first-order chi connectivity index (χ1) is 22.1. The number of aromatic nitrogens is 4. The monoisotopic (exact) mass is 677 g/mol. The van der Waals surface area contributed by atoms with Crippen LogP contribution in [0, 0.1) is 23.7 Å². The van der Waals surface area contributed by atoms with Crippen LogP contribution < -0.4 is 15.9 Å². The molecule has 2 aliphatic carbocycles. The number of ether oxygens (including phenoxy) is 3. The Balaban J connectivity index is 1.43. The van der Waals surface area contributed by atoms with Gasteiger partial charge in [-0.25, -0.2) is 25.1 Å². The van der Waals surface area contributed by atoms with Crippen molar-refractivity contribution in [3.05, 3.63) is 12.7 Å². The molecule has 2 aromatic rings. The molecule has 2 fully saturated rings. The number of hydrogen-bond donors (Lipinski definition) is 3. The minimum Gasteiger partial charge on any atom is -0.464 e. The van der Waals surface area contributed by atoms with Crippen molar-refractivity contribution in [1.29, 1.82) is 0 Å². The van der Waals surface area contributed by atoms with Crippen molar-refractivity contribution in [2.75, 3.05) is 25.3 Å². The van der Waals surface area contributed by atoms with Gasteiger partial charge in [-0.15, -0.1) is 0 Å². The fourth-order valence-corrected chi connectivity index (χ4v) is 9.06. The molecule has 2 heterocycles. The van der Waals surface area contributed by atoms with Crippen molar-refractivity contribution >= 4 is 36.4 Å². The smallest absolute Gasteiger partial charge is 0.326 e. The van der Waals surface area contributed by atoms with Gasteiger partial charge in [0.15, 0.2) is 11.5 Å². The summed E-state index contributed by atoms with van der Waals surface area (Å²) in [4.78, 5) is 39.3. The van der Waals surface area contributed by atoms with Gasteiger partial charge in [-0.05, 0) is 84.0 Å². The van der Waals surface area contributed by atoms with Gasteiger partial charge in [0, 0.05) is 0 Å². The lowest BCUT2D eigenvalue weighted by molar-refractivity contribution is -0.151. The number of nitrogens with zero attached hydrogens (tertiary/aromatic N) is 4. The quantitative estimate of drug-likeness (QED) is 0.161. The van der Waals surface area contributed by atoms with Crippen LogP contribution in [0.5, 0.6) is 0 Å². The lowest BCUT2D eigenvalue weighted by atomic mass is 9.83. The second-order valence-corrected chi connectivity index (χ2v) is 17.3. The highest BCUT2D eigenvalue weighted by Gasteiger charge is 2.43. The highest BCUT2D eigenvalue weighted by molar-refractivity contribution is 7.59. The summed E-state index contributed by atoms with van der Waals surface area (Å²) in [6.45, 7) is 13.8. The third kappa shape index (κ3) is 10.4. The third-order valence-corrected chi connectivity index (χ3v) is 11.9. The van der Waals surface area contributed by atoms with Gasteiger partial charge >= 0.3 is 11.9 Å². The van der Waals surface area contributed by atoms with E-state index in [1.807, 2.05) is 6.92 Å². The van der Waals surface area contributed by atoms with Crippen LogP contribution in [0.25, 0.3) is 11.2 Å². The molecule has 2 aromatic heterocycles. The van der Waals surface area contributed by atoms with Crippen LogP contribution in [0.15, 0.2) is 12.7 Å². The van der Waals surface area contributed by atoms with Crippen LogP contribution >= 0.6 is 7.44 Å². The van der Waals surface area contributed by atoms with E-state index in [-0.39, 0.29) is 12.2 Å². The second-order valence-electron chi connectivity index (χ2n) is 15.1. The number of hydrogen-bond acceptors (Lipinski definition) is 10. The van der Waals surface area contributed by atoms with Crippen LogP contribution in [0.1, 0.15) is 99.8 Å². The van der Waals surface area contributed by atoms with E-state index in [2.05, 4.69) is 39.0 Å². The summed E-state index contributed by atoms with van der Waals surface area (Å²) in [5.74, 6) is 1.28. The van der Waals surface area contributed by atoms with Crippen molar-refractivity contribution in [2.45, 2.75) is 124 Å². The molecule has 4 N–H and O–H groups in total. The third-order valence-electron chi connectivity index (χ3n) is 9.54. The largest absolute Gasteiger partial charge is 0.464 e. The van der Waals surface area contributed by atoms with E-state index in [0.29, 0.717) is 54.6 Å². The molecule has 2 saturated carbocycles. The zero-order chi connectivity index (χ0) is 34.4. The number of imidazole rings is 1. The summed E-state index contributed by atoms with van der Waals surface area (Å²) >= 11 is 0. The summed E-state index contributed by atoms with van der Waals surface area (Å²) in [7, 11) is -3.79. The second kappa shape index (κ2) is 15.7. The Labute approximate surface area is 279 Å². The fourth-order valence-electron chi connectivity index (χ4n) is 6.42. The molecule has 0 saturated heterocycles. The maximum Gasteiger partial charge on any atom is 0.326 e. The minimum absolute atomic E-state index is 0.277. The topological polar surface area (TPSA) is 173 Å². The van der Waals surface area contributed by atoms with E-state index in [1.165, 1.54) is 6.33 Å². The van der Waals surface area contributed by atoms with Gasteiger partial charge < -0.3 is 24.5 Å². The summed E-state index contributed by atoms with van der Waals surface area (Å²) in [5, 5.41) is 6.04. The summed E-state index contributed by atoms with van der Waals surface area (Å²) < 4.78 is 34.1. The van der Waals surface area contributed by atoms with Gasteiger partial charge in [0.1, 0.15) is 29.3 Å². The molecule has 264 valence electrons.